The van der Waals surface area contributed by atoms with E-state index in [4.69, 9.17) is 14.6 Å². The molecular weight excluding hydrogens is 445 g/mol. The number of benzene rings is 2. The molecule has 1 atom stereocenters. The van der Waals surface area contributed by atoms with Crippen molar-refractivity contribution in [2.24, 2.45) is 0 Å². The molecule has 34 heavy (non-hydrogen) atoms. The lowest BCUT2D eigenvalue weighted by Crippen LogP contribution is -2.31. The van der Waals surface area contributed by atoms with Gasteiger partial charge in [-0.25, -0.2) is 4.39 Å². The number of ketones is 1. The molecule has 9 heteroatoms. The van der Waals surface area contributed by atoms with Gasteiger partial charge in [-0.3, -0.25) is 14.4 Å². The highest BCUT2D eigenvalue weighted by molar-refractivity contribution is 6.46. The minimum Gasteiger partial charge on any atom is -0.507 e. The van der Waals surface area contributed by atoms with Gasteiger partial charge < -0.3 is 24.6 Å². The van der Waals surface area contributed by atoms with E-state index in [-0.39, 0.29) is 24.1 Å². The Hall–Kier alpha value is -3.88. The summed E-state index contributed by atoms with van der Waals surface area (Å²) < 4.78 is 24.2. The summed E-state index contributed by atoms with van der Waals surface area (Å²) >= 11 is 0. The number of methoxy groups -OCH3 is 2. The van der Waals surface area contributed by atoms with Crippen molar-refractivity contribution in [1.82, 2.24) is 4.90 Å². The molecule has 1 aliphatic rings. The van der Waals surface area contributed by atoms with Crippen molar-refractivity contribution in [2.45, 2.75) is 31.7 Å². The smallest absolute Gasteiger partial charge is 0.303 e. The number of hydrogen-bond donors (Lipinski definition) is 2. The molecule has 180 valence electrons. The lowest BCUT2D eigenvalue weighted by atomic mass is 9.94. The van der Waals surface area contributed by atoms with Crippen molar-refractivity contribution >= 4 is 23.4 Å². The molecule has 0 unspecified atom stereocenters. The van der Waals surface area contributed by atoms with Crippen LogP contribution in [0.4, 0.5) is 4.39 Å². The van der Waals surface area contributed by atoms with Gasteiger partial charge in [-0.1, -0.05) is 6.42 Å². The van der Waals surface area contributed by atoms with Crippen LogP contribution in [0.15, 0.2) is 48.0 Å². The Balaban J connectivity index is 2.08. The number of aliphatic hydroxyl groups is 1. The first kappa shape index (κ1) is 24.8. The van der Waals surface area contributed by atoms with Crippen molar-refractivity contribution < 1.29 is 38.5 Å². The zero-order valence-corrected chi connectivity index (χ0v) is 18.9. The van der Waals surface area contributed by atoms with Gasteiger partial charge in [0.15, 0.2) is 0 Å². The average molecular weight is 471 g/mol. The zero-order valence-electron chi connectivity index (χ0n) is 18.9. The van der Waals surface area contributed by atoms with Crippen LogP contribution >= 0.6 is 0 Å². The van der Waals surface area contributed by atoms with Gasteiger partial charge in [0.05, 0.1) is 25.8 Å². The fourth-order valence-electron chi connectivity index (χ4n) is 3.99. The molecule has 0 saturated carbocycles. The summed E-state index contributed by atoms with van der Waals surface area (Å²) in [5, 5.41) is 19.9. The number of likely N-dealkylation sites (tertiary alicyclic amines) is 1. The minimum atomic E-state index is -0.977. The minimum absolute atomic E-state index is 0.0104. The summed E-state index contributed by atoms with van der Waals surface area (Å²) in [5.74, 6) is -2.66. The predicted molar refractivity (Wildman–Crippen MR) is 121 cm³/mol. The van der Waals surface area contributed by atoms with Gasteiger partial charge in [-0.05, 0) is 55.3 Å². The van der Waals surface area contributed by atoms with E-state index in [0.29, 0.717) is 36.3 Å². The Kier molecular flexibility index (Phi) is 7.88. The van der Waals surface area contributed by atoms with Gasteiger partial charge in [-0.15, -0.1) is 0 Å². The average Bonchev–Trinajstić information content (AvgIpc) is 3.08. The van der Waals surface area contributed by atoms with Crippen molar-refractivity contribution in [3.63, 3.8) is 0 Å². The maximum absolute atomic E-state index is 13.4. The summed E-state index contributed by atoms with van der Waals surface area (Å²) in [5.41, 5.74) is 0.483. The van der Waals surface area contributed by atoms with Crippen LogP contribution in [-0.2, 0) is 14.4 Å². The van der Waals surface area contributed by atoms with Crippen molar-refractivity contribution in [3.05, 3.63) is 65.0 Å². The maximum atomic E-state index is 13.4. The third kappa shape index (κ3) is 5.19. The van der Waals surface area contributed by atoms with Gasteiger partial charge in [0.1, 0.15) is 23.1 Å². The maximum Gasteiger partial charge on any atom is 0.303 e. The number of Topliss-reactive ketones (excluding diaryl/α,β-unsaturated/α-hetero) is 1. The zero-order chi connectivity index (χ0) is 24.8. The van der Waals surface area contributed by atoms with Gasteiger partial charge in [0.25, 0.3) is 11.7 Å². The quantitative estimate of drug-likeness (QED) is 0.234. The number of ether oxygens (including phenoxy) is 2. The highest BCUT2D eigenvalue weighted by Crippen LogP contribution is 2.44. The Bertz CT molecular complexity index is 1110. The Morgan fingerprint density at radius 3 is 2.32 bits per heavy atom. The highest BCUT2D eigenvalue weighted by atomic mass is 19.1. The van der Waals surface area contributed by atoms with Gasteiger partial charge in [-0.2, -0.15) is 0 Å². The van der Waals surface area contributed by atoms with Crippen molar-refractivity contribution in [2.75, 3.05) is 20.8 Å². The monoisotopic (exact) mass is 471 g/mol. The summed E-state index contributed by atoms with van der Waals surface area (Å²) in [6, 6.07) is 8.90. The molecule has 2 N–H and O–H groups in total. The molecule has 1 saturated heterocycles. The van der Waals surface area contributed by atoms with Crippen LogP contribution < -0.4 is 9.47 Å². The Morgan fingerprint density at radius 1 is 1.00 bits per heavy atom. The summed E-state index contributed by atoms with van der Waals surface area (Å²) in [4.78, 5) is 38.2. The third-order valence-electron chi connectivity index (χ3n) is 5.68. The largest absolute Gasteiger partial charge is 0.507 e. The molecule has 0 aliphatic carbocycles. The number of carbonyl (C=O) groups excluding carboxylic acids is 2. The number of aliphatic carboxylic acids is 1. The molecular formula is C25H26FNO7. The number of aliphatic hydroxyl groups excluding tert-OH is 1. The number of carboxylic acids is 1. The molecule has 2 aromatic rings. The normalized spacial score (nSPS) is 17.1. The molecule has 0 spiro atoms. The van der Waals surface area contributed by atoms with Crippen LogP contribution in [0.2, 0.25) is 0 Å². The van der Waals surface area contributed by atoms with Crippen LogP contribution in [0.25, 0.3) is 5.76 Å². The fraction of sp³-hybridized carbons (Fsp3) is 0.320. The first-order valence-electron chi connectivity index (χ1n) is 10.8. The second-order valence-electron chi connectivity index (χ2n) is 7.81. The lowest BCUT2D eigenvalue weighted by molar-refractivity contribution is -0.140. The molecule has 8 nitrogen and oxygen atoms in total. The van der Waals surface area contributed by atoms with Crippen LogP contribution in [0, 0.1) is 5.82 Å². The standard InChI is InChI=1S/C25H26FNO7/c1-33-17-11-12-19(34-2)18(14-17)22-21(23(30)15-7-9-16(26)10-8-15)24(31)25(32)27(22)13-5-3-4-6-20(28)29/h7-12,14,22,30H,3-6,13H2,1-2H3,(H,28,29)/t22-/m1/s1. The van der Waals surface area contributed by atoms with Crippen molar-refractivity contribution in [1.29, 1.82) is 0 Å². The van der Waals surface area contributed by atoms with E-state index in [1.165, 1.54) is 31.3 Å². The Labute approximate surface area is 196 Å². The number of nitrogens with zero attached hydrogens (tertiary/aromatic N) is 1. The first-order chi connectivity index (χ1) is 16.3. The molecule has 1 fully saturated rings. The van der Waals surface area contributed by atoms with Crippen molar-refractivity contribution in [3.8, 4) is 11.5 Å². The topological polar surface area (TPSA) is 113 Å². The SMILES string of the molecule is COc1ccc(OC)c([C@@H]2C(=C(O)c3ccc(F)cc3)C(=O)C(=O)N2CCCCCC(=O)O)c1. The fourth-order valence-corrected chi connectivity index (χ4v) is 3.99. The molecule has 2 aromatic carbocycles. The van der Waals surface area contributed by atoms with E-state index in [1.54, 1.807) is 18.2 Å². The molecule has 1 amide bonds. The van der Waals surface area contributed by atoms with E-state index in [2.05, 4.69) is 0 Å². The third-order valence-corrected chi connectivity index (χ3v) is 5.68. The number of amides is 1. The molecule has 1 aliphatic heterocycles. The van der Waals surface area contributed by atoms with Gasteiger partial charge in [0.2, 0.25) is 0 Å². The summed E-state index contributed by atoms with van der Waals surface area (Å²) in [7, 11) is 2.92. The number of carbonyl (C=O) groups is 3. The van der Waals surface area contributed by atoms with Crippen LogP contribution in [0.1, 0.15) is 42.9 Å². The van der Waals surface area contributed by atoms with Crippen LogP contribution in [0.3, 0.4) is 0 Å². The van der Waals surface area contributed by atoms with Crippen LogP contribution in [0.5, 0.6) is 11.5 Å². The molecule has 1 heterocycles. The number of rotatable bonds is 10. The van der Waals surface area contributed by atoms with Crippen LogP contribution in [-0.4, -0.2) is 53.5 Å². The summed E-state index contributed by atoms with van der Waals surface area (Å²) in [6.07, 6.45) is 1.44. The molecule has 3 rings (SSSR count). The molecule has 0 bridgehead atoms. The second kappa shape index (κ2) is 10.8. The van der Waals surface area contributed by atoms with E-state index in [1.807, 2.05) is 0 Å². The highest BCUT2D eigenvalue weighted by Gasteiger charge is 2.47. The van der Waals surface area contributed by atoms with Gasteiger partial charge >= 0.3 is 5.97 Å². The number of halogens is 1. The first-order valence-corrected chi connectivity index (χ1v) is 10.8. The second-order valence-corrected chi connectivity index (χ2v) is 7.81. The lowest BCUT2D eigenvalue weighted by Gasteiger charge is -2.27. The number of hydrogen-bond acceptors (Lipinski definition) is 6. The van der Waals surface area contributed by atoms with E-state index in [0.717, 1.165) is 12.1 Å². The van der Waals surface area contributed by atoms with E-state index < -0.39 is 35.3 Å². The van der Waals surface area contributed by atoms with E-state index in [9.17, 15) is 23.9 Å². The predicted octanol–water partition coefficient (Wildman–Crippen LogP) is 3.91. The Morgan fingerprint density at radius 2 is 1.71 bits per heavy atom. The van der Waals surface area contributed by atoms with E-state index >= 15 is 0 Å². The summed E-state index contributed by atoms with van der Waals surface area (Å²) in [6.45, 7) is 0.162. The molecule has 0 aromatic heterocycles. The molecule has 0 radical (unpaired) electrons. The number of carboxylic acid groups (broad SMARTS) is 1. The van der Waals surface area contributed by atoms with Gasteiger partial charge in [0, 0.05) is 24.1 Å². The number of unbranched alkanes of at least 4 members (excludes halogenated alkanes) is 2.